The van der Waals surface area contributed by atoms with Crippen molar-refractivity contribution in [2.45, 2.75) is 52.0 Å². The molecule has 0 bridgehead atoms. The van der Waals surface area contributed by atoms with Gasteiger partial charge in [-0.3, -0.25) is 4.79 Å². The van der Waals surface area contributed by atoms with Crippen LogP contribution >= 0.6 is 0 Å². The number of likely N-dealkylation sites (N-methyl/N-ethyl adjacent to an activating group) is 1. The summed E-state index contributed by atoms with van der Waals surface area (Å²) in [6.07, 6.45) is -1.45. The average Bonchev–Trinajstić information content (AvgIpc) is 2.56. The molecule has 26 heavy (non-hydrogen) atoms. The summed E-state index contributed by atoms with van der Waals surface area (Å²) in [4.78, 5) is 35.9. The highest BCUT2D eigenvalue weighted by Gasteiger charge is 2.29. The number of benzene rings is 1. The van der Waals surface area contributed by atoms with Crippen molar-refractivity contribution >= 4 is 18.1 Å². The molecule has 1 aromatic rings. The van der Waals surface area contributed by atoms with Crippen LogP contribution in [0.25, 0.3) is 0 Å². The molecule has 144 valence electrons. The summed E-state index contributed by atoms with van der Waals surface area (Å²) in [6.45, 7) is 6.82. The predicted octanol–water partition coefficient (Wildman–Crippen LogP) is 1.94. The summed E-state index contributed by atoms with van der Waals surface area (Å²) in [6, 6.07) is 7.46. The molecule has 1 aromatic carbocycles. The van der Waals surface area contributed by atoms with Crippen molar-refractivity contribution in [2.24, 2.45) is 0 Å². The van der Waals surface area contributed by atoms with Gasteiger partial charge in [0.2, 0.25) is 5.91 Å². The zero-order valence-electron chi connectivity index (χ0n) is 15.8. The van der Waals surface area contributed by atoms with Gasteiger partial charge in [0.1, 0.15) is 18.2 Å². The molecule has 8 heteroatoms. The van der Waals surface area contributed by atoms with Gasteiger partial charge in [0.05, 0.1) is 6.04 Å². The number of hydrogen-bond donors (Lipinski definition) is 3. The van der Waals surface area contributed by atoms with E-state index in [2.05, 4.69) is 16.0 Å². The zero-order valence-corrected chi connectivity index (χ0v) is 15.8. The number of carbonyl (C=O) groups is 3. The van der Waals surface area contributed by atoms with Gasteiger partial charge < -0.3 is 25.4 Å². The van der Waals surface area contributed by atoms with Gasteiger partial charge in [-0.05, 0) is 33.3 Å². The third kappa shape index (κ3) is 7.87. The first-order valence-corrected chi connectivity index (χ1v) is 8.30. The van der Waals surface area contributed by atoms with E-state index >= 15 is 0 Å². The molecule has 1 rings (SSSR count). The minimum absolute atomic E-state index is 0.101. The van der Waals surface area contributed by atoms with Crippen LogP contribution in [0.4, 0.5) is 9.59 Å². The summed E-state index contributed by atoms with van der Waals surface area (Å²) in [5.41, 5.74) is 0.132. The average molecular weight is 365 g/mol. The molecule has 0 aliphatic carbocycles. The first-order chi connectivity index (χ1) is 12.1. The first-order valence-electron chi connectivity index (χ1n) is 8.30. The van der Waals surface area contributed by atoms with Crippen molar-refractivity contribution in [1.82, 2.24) is 16.0 Å². The molecule has 0 aliphatic rings. The fourth-order valence-electron chi connectivity index (χ4n) is 2.04. The molecule has 3 N–H and O–H groups in total. The number of ether oxygens (including phenoxy) is 2. The maximum atomic E-state index is 12.0. The van der Waals surface area contributed by atoms with Crippen molar-refractivity contribution in [3.8, 4) is 0 Å². The van der Waals surface area contributed by atoms with E-state index in [-0.39, 0.29) is 6.61 Å². The smallest absolute Gasteiger partial charge is 0.408 e. The highest BCUT2D eigenvalue weighted by molar-refractivity contribution is 5.86. The summed E-state index contributed by atoms with van der Waals surface area (Å²) < 4.78 is 10.3. The molecule has 0 spiro atoms. The van der Waals surface area contributed by atoms with Crippen LogP contribution in [0.5, 0.6) is 0 Å². The number of nitrogens with one attached hydrogen (secondary N) is 3. The zero-order chi connectivity index (χ0) is 19.7. The Balaban J connectivity index is 2.61. The predicted molar refractivity (Wildman–Crippen MR) is 96.4 cm³/mol. The van der Waals surface area contributed by atoms with E-state index in [1.165, 1.54) is 7.05 Å². The molecule has 0 aromatic heterocycles. The number of carbonyl (C=O) groups excluding carboxylic acids is 3. The molecule has 0 radical (unpaired) electrons. The minimum Gasteiger partial charge on any atom is -0.445 e. The molecule has 2 unspecified atom stereocenters. The Hall–Kier alpha value is -2.77. The monoisotopic (exact) mass is 365 g/mol. The second-order valence-corrected chi connectivity index (χ2v) is 6.73. The van der Waals surface area contributed by atoms with Crippen molar-refractivity contribution in [1.29, 1.82) is 0 Å². The fraction of sp³-hybridized carbons (Fsp3) is 0.500. The maximum Gasteiger partial charge on any atom is 0.408 e. The van der Waals surface area contributed by atoms with Gasteiger partial charge in [-0.1, -0.05) is 30.3 Å². The number of amides is 3. The Morgan fingerprint density at radius 2 is 1.65 bits per heavy atom. The van der Waals surface area contributed by atoms with Crippen LogP contribution in [0.1, 0.15) is 33.3 Å². The van der Waals surface area contributed by atoms with Crippen molar-refractivity contribution in [3.63, 3.8) is 0 Å². The van der Waals surface area contributed by atoms with Gasteiger partial charge in [-0.25, -0.2) is 9.59 Å². The number of alkyl carbamates (subject to hydrolysis) is 2. The van der Waals surface area contributed by atoms with Crippen LogP contribution in [0.2, 0.25) is 0 Å². The second-order valence-electron chi connectivity index (χ2n) is 6.73. The molecule has 0 aliphatic heterocycles. The quantitative estimate of drug-likeness (QED) is 0.714. The lowest BCUT2D eigenvalue weighted by Crippen LogP contribution is -2.57. The SMILES string of the molecule is CNC(=O)C(NC(=O)OC(C)(C)C)C(C)NC(=O)OCc1ccccc1. The van der Waals surface area contributed by atoms with Gasteiger partial charge in [-0.2, -0.15) is 0 Å². The van der Waals surface area contributed by atoms with Gasteiger partial charge in [0, 0.05) is 7.05 Å². The third-order valence-electron chi connectivity index (χ3n) is 3.26. The van der Waals surface area contributed by atoms with Crippen LogP contribution in [0, 0.1) is 0 Å². The van der Waals surface area contributed by atoms with E-state index in [0.717, 1.165) is 5.56 Å². The van der Waals surface area contributed by atoms with Crippen LogP contribution in [-0.2, 0) is 20.9 Å². The Kier molecular flexibility index (Phi) is 7.89. The van der Waals surface area contributed by atoms with E-state index in [9.17, 15) is 14.4 Å². The molecule has 0 fully saturated rings. The molecular weight excluding hydrogens is 338 g/mol. The minimum atomic E-state index is -1.01. The largest absolute Gasteiger partial charge is 0.445 e. The third-order valence-corrected chi connectivity index (χ3v) is 3.26. The van der Waals surface area contributed by atoms with Gasteiger partial charge >= 0.3 is 12.2 Å². The lowest BCUT2D eigenvalue weighted by Gasteiger charge is -2.26. The van der Waals surface area contributed by atoms with Gasteiger partial charge in [0.15, 0.2) is 0 Å². The summed E-state index contributed by atoms with van der Waals surface area (Å²) in [7, 11) is 1.44. The lowest BCUT2D eigenvalue weighted by atomic mass is 10.1. The van der Waals surface area contributed by atoms with Crippen LogP contribution in [0.15, 0.2) is 30.3 Å². The topological polar surface area (TPSA) is 106 Å². The van der Waals surface area contributed by atoms with E-state index in [1.807, 2.05) is 30.3 Å². The fourth-order valence-corrected chi connectivity index (χ4v) is 2.04. The Bertz CT molecular complexity index is 613. The molecule has 0 saturated heterocycles. The Morgan fingerprint density at radius 1 is 1.04 bits per heavy atom. The summed E-state index contributed by atoms with van der Waals surface area (Å²) in [5.74, 6) is -0.466. The molecular formula is C18H27N3O5. The van der Waals surface area contributed by atoms with E-state index < -0.39 is 35.8 Å². The molecule has 8 nitrogen and oxygen atoms in total. The van der Waals surface area contributed by atoms with Crippen molar-refractivity contribution < 1.29 is 23.9 Å². The normalized spacial score (nSPS) is 13.1. The molecule has 2 atom stereocenters. The molecule has 0 saturated carbocycles. The second kappa shape index (κ2) is 9.65. The highest BCUT2D eigenvalue weighted by atomic mass is 16.6. The molecule has 0 heterocycles. The molecule has 3 amide bonds. The Labute approximate surface area is 153 Å². The van der Waals surface area contributed by atoms with Gasteiger partial charge in [-0.15, -0.1) is 0 Å². The van der Waals surface area contributed by atoms with Crippen molar-refractivity contribution in [3.05, 3.63) is 35.9 Å². The van der Waals surface area contributed by atoms with Gasteiger partial charge in [0.25, 0.3) is 0 Å². The maximum absolute atomic E-state index is 12.0. The standard InChI is InChI=1S/C18H27N3O5/c1-12(20-16(23)25-11-13-9-7-6-8-10-13)14(15(22)19-5)21-17(24)26-18(2,3)4/h6-10,12,14H,11H2,1-5H3,(H,19,22)(H,20,23)(H,21,24). The first kappa shape index (κ1) is 21.3. The highest BCUT2D eigenvalue weighted by Crippen LogP contribution is 2.07. The summed E-state index contributed by atoms with van der Waals surface area (Å²) in [5, 5.41) is 7.45. The summed E-state index contributed by atoms with van der Waals surface area (Å²) >= 11 is 0. The lowest BCUT2D eigenvalue weighted by molar-refractivity contribution is -0.123. The van der Waals surface area contributed by atoms with Crippen LogP contribution < -0.4 is 16.0 Å². The van der Waals surface area contributed by atoms with E-state index in [1.54, 1.807) is 27.7 Å². The van der Waals surface area contributed by atoms with Crippen LogP contribution in [-0.4, -0.2) is 42.8 Å². The number of hydrogen-bond acceptors (Lipinski definition) is 5. The van der Waals surface area contributed by atoms with Crippen LogP contribution in [0.3, 0.4) is 0 Å². The Morgan fingerprint density at radius 3 is 2.19 bits per heavy atom. The number of rotatable bonds is 6. The van der Waals surface area contributed by atoms with E-state index in [4.69, 9.17) is 9.47 Å². The van der Waals surface area contributed by atoms with E-state index in [0.29, 0.717) is 0 Å². The van der Waals surface area contributed by atoms with Crippen molar-refractivity contribution in [2.75, 3.05) is 7.05 Å².